The number of nitrogens with one attached hydrogen (secondary N) is 1. The minimum absolute atomic E-state index is 0.0344. The Kier molecular flexibility index (Phi) is 7.86. The fourth-order valence-corrected chi connectivity index (χ4v) is 2.31. The van der Waals surface area contributed by atoms with E-state index in [1.165, 1.54) is 0 Å². The van der Waals surface area contributed by atoms with Crippen molar-refractivity contribution in [2.75, 3.05) is 18.1 Å². The molecule has 0 bridgehead atoms. The van der Waals surface area contributed by atoms with Gasteiger partial charge >= 0.3 is 0 Å². The van der Waals surface area contributed by atoms with E-state index in [4.69, 9.17) is 5.11 Å². The molecule has 0 saturated carbocycles. The lowest BCUT2D eigenvalue weighted by Gasteiger charge is -2.13. The van der Waals surface area contributed by atoms with E-state index in [2.05, 4.69) is 24.1 Å². The van der Waals surface area contributed by atoms with Gasteiger partial charge in [-0.15, -0.1) is 0 Å². The van der Waals surface area contributed by atoms with E-state index >= 15 is 0 Å². The van der Waals surface area contributed by atoms with Crippen LogP contribution in [0.5, 0.6) is 0 Å². The molecule has 2 N–H and O–H groups in total. The van der Waals surface area contributed by atoms with Gasteiger partial charge < -0.3 is 10.4 Å². The second kappa shape index (κ2) is 9.46. The van der Waals surface area contributed by atoms with Gasteiger partial charge in [0, 0.05) is 23.8 Å². The number of benzene rings is 1. The number of rotatable bonds is 6. The van der Waals surface area contributed by atoms with E-state index in [-0.39, 0.29) is 18.6 Å². The highest BCUT2D eigenvalue weighted by molar-refractivity contribution is 7.99. The number of thioether (sulfide) groups is 1. The number of hydrogen-bond donors (Lipinski definition) is 2. The largest absolute Gasteiger partial charge is 0.395 e. The Morgan fingerprint density at radius 2 is 2.20 bits per heavy atom. The summed E-state index contributed by atoms with van der Waals surface area (Å²) in [6.07, 6.45) is 0.416. The van der Waals surface area contributed by atoms with Crippen molar-refractivity contribution in [1.82, 2.24) is 5.32 Å². The zero-order chi connectivity index (χ0) is 14.8. The maximum Gasteiger partial charge on any atom is 0.252 e. The highest BCUT2D eigenvalue weighted by Gasteiger charge is 2.12. The van der Waals surface area contributed by atoms with Crippen molar-refractivity contribution in [3.63, 3.8) is 0 Å². The van der Waals surface area contributed by atoms with Crippen molar-refractivity contribution in [2.24, 2.45) is 0 Å². The average Bonchev–Trinajstić information content (AvgIpc) is 2.46. The summed E-state index contributed by atoms with van der Waals surface area (Å²) in [6.45, 7) is 4.14. The molecular weight excluding hydrogens is 270 g/mol. The molecule has 0 aromatic heterocycles. The molecule has 3 nitrogen and oxygen atoms in total. The first-order valence-corrected chi connectivity index (χ1v) is 7.91. The molecular formula is C16H21NO2S. The van der Waals surface area contributed by atoms with Gasteiger partial charge in [-0.2, -0.15) is 11.8 Å². The maximum atomic E-state index is 12.2. The molecule has 1 aromatic carbocycles. The van der Waals surface area contributed by atoms with Gasteiger partial charge in [-0.05, 0) is 24.8 Å². The normalized spacial score (nSPS) is 11.3. The van der Waals surface area contributed by atoms with Crippen LogP contribution in [0.2, 0.25) is 0 Å². The monoisotopic (exact) mass is 291 g/mol. The minimum atomic E-state index is -0.0944. The molecule has 0 radical (unpaired) electrons. The van der Waals surface area contributed by atoms with E-state index in [9.17, 15) is 4.79 Å². The number of hydrogen-bond acceptors (Lipinski definition) is 3. The van der Waals surface area contributed by atoms with E-state index in [1.807, 2.05) is 25.1 Å². The fourth-order valence-electron chi connectivity index (χ4n) is 1.64. The summed E-state index contributed by atoms with van der Waals surface area (Å²) < 4.78 is 0. The lowest BCUT2D eigenvalue weighted by molar-refractivity contribution is 0.0943. The van der Waals surface area contributed by atoms with Crippen LogP contribution in [0.15, 0.2) is 24.3 Å². The molecule has 20 heavy (non-hydrogen) atoms. The fraction of sp³-hybridized carbons (Fsp3) is 0.438. The molecule has 0 fully saturated rings. The van der Waals surface area contributed by atoms with Gasteiger partial charge in [0.25, 0.3) is 5.91 Å². The molecule has 1 amide bonds. The van der Waals surface area contributed by atoms with Crippen LogP contribution < -0.4 is 5.32 Å². The van der Waals surface area contributed by atoms with Crippen molar-refractivity contribution >= 4 is 17.7 Å². The Balaban J connectivity index is 2.75. The molecule has 0 aliphatic heterocycles. The summed E-state index contributed by atoms with van der Waals surface area (Å²) in [5.74, 6) is 7.64. The minimum Gasteiger partial charge on any atom is -0.395 e. The topological polar surface area (TPSA) is 49.3 Å². The maximum absolute atomic E-state index is 12.2. The molecule has 0 aliphatic rings. The van der Waals surface area contributed by atoms with Crippen LogP contribution in [-0.2, 0) is 0 Å². The lowest BCUT2D eigenvalue weighted by Crippen LogP contribution is -2.34. The second-order valence-electron chi connectivity index (χ2n) is 4.35. The predicted molar refractivity (Wildman–Crippen MR) is 85.0 cm³/mol. The highest BCUT2D eigenvalue weighted by Crippen LogP contribution is 2.09. The van der Waals surface area contributed by atoms with Crippen molar-refractivity contribution in [1.29, 1.82) is 0 Å². The SMILES string of the molecule is CCSCC(C)NC(=O)c1ccccc1C#CCCO. The third kappa shape index (κ3) is 5.68. The van der Waals surface area contributed by atoms with Crippen molar-refractivity contribution in [3.05, 3.63) is 35.4 Å². The standard InChI is InChI=1S/C16H21NO2S/c1-3-20-12-13(2)17-16(19)15-10-5-4-8-14(15)9-6-7-11-18/h4-5,8,10,13,18H,3,7,11-12H2,1-2H3,(H,17,19). The summed E-state index contributed by atoms with van der Waals surface area (Å²) in [7, 11) is 0. The zero-order valence-electron chi connectivity index (χ0n) is 12.0. The second-order valence-corrected chi connectivity index (χ2v) is 5.67. The van der Waals surface area contributed by atoms with E-state index in [0.717, 1.165) is 11.5 Å². The number of aliphatic hydroxyl groups is 1. The third-order valence-corrected chi connectivity index (χ3v) is 3.72. The molecule has 0 saturated heterocycles. The third-order valence-electron chi connectivity index (χ3n) is 2.58. The van der Waals surface area contributed by atoms with Crippen LogP contribution >= 0.6 is 11.8 Å². The molecule has 1 atom stereocenters. The molecule has 0 aliphatic carbocycles. The molecule has 0 spiro atoms. The number of amides is 1. The highest BCUT2D eigenvalue weighted by atomic mass is 32.2. The van der Waals surface area contributed by atoms with Gasteiger partial charge in [-0.1, -0.05) is 30.9 Å². The Morgan fingerprint density at radius 3 is 2.90 bits per heavy atom. The first kappa shape index (κ1) is 16.6. The van der Waals surface area contributed by atoms with Gasteiger partial charge in [0.2, 0.25) is 0 Å². The summed E-state index contributed by atoms with van der Waals surface area (Å²) in [6, 6.07) is 7.42. The smallest absolute Gasteiger partial charge is 0.252 e. The Morgan fingerprint density at radius 1 is 1.45 bits per heavy atom. The number of carbonyl (C=O) groups is 1. The van der Waals surface area contributed by atoms with Gasteiger partial charge in [0.05, 0.1) is 12.2 Å². The number of aliphatic hydroxyl groups excluding tert-OH is 1. The van der Waals surface area contributed by atoms with Crippen molar-refractivity contribution in [3.8, 4) is 11.8 Å². The summed E-state index contributed by atoms with van der Waals surface area (Å²) >= 11 is 1.80. The molecule has 1 aromatic rings. The summed E-state index contributed by atoms with van der Waals surface area (Å²) in [5.41, 5.74) is 1.29. The van der Waals surface area contributed by atoms with Crippen molar-refractivity contribution in [2.45, 2.75) is 26.3 Å². The summed E-state index contributed by atoms with van der Waals surface area (Å²) in [4.78, 5) is 12.2. The van der Waals surface area contributed by atoms with Gasteiger partial charge in [-0.3, -0.25) is 4.79 Å². The zero-order valence-corrected chi connectivity index (χ0v) is 12.8. The van der Waals surface area contributed by atoms with Crippen LogP contribution in [0.4, 0.5) is 0 Å². The lowest BCUT2D eigenvalue weighted by atomic mass is 10.1. The molecule has 0 heterocycles. The van der Waals surface area contributed by atoms with Crippen LogP contribution in [0.25, 0.3) is 0 Å². The van der Waals surface area contributed by atoms with E-state index in [0.29, 0.717) is 17.5 Å². The molecule has 4 heteroatoms. The average molecular weight is 291 g/mol. The first-order chi connectivity index (χ1) is 9.69. The predicted octanol–water partition coefficient (Wildman–Crippen LogP) is 2.29. The van der Waals surface area contributed by atoms with Gasteiger partial charge in [0.1, 0.15) is 0 Å². The van der Waals surface area contributed by atoms with Gasteiger partial charge in [-0.25, -0.2) is 0 Å². The number of carbonyl (C=O) groups excluding carboxylic acids is 1. The summed E-state index contributed by atoms with van der Waals surface area (Å²) in [5, 5.41) is 11.7. The first-order valence-electron chi connectivity index (χ1n) is 6.76. The Labute approximate surface area is 125 Å². The Bertz CT molecular complexity index is 491. The van der Waals surface area contributed by atoms with E-state index in [1.54, 1.807) is 17.8 Å². The molecule has 108 valence electrons. The van der Waals surface area contributed by atoms with Crippen LogP contribution in [-0.4, -0.2) is 35.2 Å². The Hall–Kier alpha value is -1.44. The molecule has 1 unspecified atom stereocenters. The molecule has 1 rings (SSSR count). The van der Waals surface area contributed by atoms with Crippen LogP contribution in [0.3, 0.4) is 0 Å². The van der Waals surface area contributed by atoms with E-state index < -0.39 is 0 Å². The van der Waals surface area contributed by atoms with Crippen molar-refractivity contribution < 1.29 is 9.90 Å². The quantitative estimate of drug-likeness (QED) is 0.791. The van der Waals surface area contributed by atoms with Crippen LogP contribution in [0.1, 0.15) is 36.2 Å². The van der Waals surface area contributed by atoms with Crippen LogP contribution in [0, 0.1) is 11.8 Å². The van der Waals surface area contributed by atoms with Gasteiger partial charge in [0.15, 0.2) is 0 Å².